The maximum absolute atomic E-state index is 11.7. The maximum atomic E-state index is 11.7. The van der Waals surface area contributed by atoms with Crippen molar-refractivity contribution in [1.29, 1.82) is 0 Å². The van der Waals surface area contributed by atoms with Crippen LogP contribution in [0.1, 0.15) is 26.6 Å². The Kier molecular flexibility index (Phi) is 5.45. The van der Waals surface area contributed by atoms with Crippen molar-refractivity contribution in [2.45, 2.75) is 38.8 Å². The maximum Gasteiger partial charge on any atom is 0.408 e. The monoisotopic (exact) mass is 297 g/mol. The van der Waals surface area contributed by atoms with Gasteiger partial charge in [0.15, 0.2) is 0 Å². The van der Waals surface area contributed by atoms with Gasteiger partial charge in [-0.05, 0) is 20.8 Å². The van der Waals surface area contributed by atoms with Gasteiger partial charge in [0.25, 0.3) is 5.56 Å². The van der Waals surface area contributed by atoms with E-state index in [0.717, 1.165) is 0 Å². The average Bonchev–Trinajstić information content (AvgIpc) is 2.34. The minimum atomic E-state index is -1.00. The van der Waals surface area contributed by atoms with Gasteiger partial charge in [0.1, 0.15) is 17.5 Å². The van der Waals surface area contributed by atoms with Crippen molar-refractivity contribution in [2.24, 2.45) is 0 Å². The molecule has 1 rings (SSSR count). The summed E-state index contributed by atoms with van der Waals surface area (Å²) < 4.78 is 9.69. The summed E-state index contributed by atoms with van der Waals surface area (Å²) in [4.78, 5) is 41.0. The molecular formula is C13H19N3O5. The molecule has 0 saturated heterocycles. The number of alkyl carbamates (subject to hydrolysis) is 1. The highest BCUT2D eigenvalue weighted by Crippen LogP contribution is 2.07. The Morgan fingerprint density at radius 3 is 2.62 bits per heavy atom. The van der Waals surface area contributed by atoms with Gasteiger partial charge in [-0.25, -0.2) is 14.6 Å². The summed E-state index contributed by atoms with van der Waals surface area (Å²) in [6.45, 7) is 5.11. The lowest BCUT2D eigenvalue weighted by atomic mass is 10.2. The SMILES string of the molecule is COC(=O)C(Cc1nccc(=O)[nH]1)NC(=O)OC(C)(C)C. The fourth-order valence-corrected chi connectivity index (χ4v) is 1.49. The molecule has 0 fully saturated rings. The van der Waals surface area contributed by atoms with Crippen molar-refractivity contribution in [3.8, 4) is 0 Å². The molecule has 2 N–H and O–H groups in total. The third kappa shape index (κ3) is 6.07. The van der Waals surface area contributed by atoms with Gasteiger partial charge in [-0.3, -0.25) is 4.79 Å². The molecule has 8 nitrogen and oxygen atoms in total. The molecule has 116 valence electrons. The van der Waals surface area contributed by atoms with Crippen molar-refractivity contribution < 1.29 is 19.1 Å². The molecule has 0 bridgehead atoms. The van der Waals surface area contributed by atoms with Crippen LogP contribution in [0.3, 0.4) is 0 Å². The van der Waals surface area contributed by atoms with Crippen LogP contribution in [0.5, 0.6) is 0 Å². The first-order valence-electron chi connectivity index (χ1n) is 6.33. The van der Waals surface area contributed by atoms with Gasteiger partial charge in [0.05, 0.1) is 7.11 Å². The molecule has 1 heterocycles. The number of aromatic nitrogens is 2. The highest BCUT2D eigenvalue weighted by Gasteiger charge is 2.25. The van der Waals surface area contributed by atoms with E-state index in [2.05, 4.69) is 20.0 Å². The Balaban J connectivity index is 2.79. The molecule has 1 amide bonds. The van der Waals surface area contributed by atoms with Crippen LogP contribution in [0.25, 0.3) is 0 Å². The third-order valence-electron chi connectivity index (χ3n) is 2.30. The van der Waals surface area contributed by atoms with E-state index in [0.29, 0.717) is 0 Å². The van der Waals surface area contributed by atoms with E-state index in [1.54, 1.807) is 20.8 Å². The van der Waals surface area contributed by atoms with Gasteiger partial charge >= 0.3 is 12.1 Å². The van der Waals surface area contributed by atoms with Crippen molar-refractivity contribution in [3.63, 3.8) is 0 Å². The lowest BCUT2D eigenvalue weighted by molar-refractivity contribution is -0.143. The predicted octanol–water partition coefficient (Wildman–Crippen LogP) is 0.379. The number of H-pyrrole nitrogens is 1. The van der Waals surface area contributed by atoms with Crippen molar-refractivity contribution >= 4 is 12.1 Å². The minimum absolute atomic E-state index is 0.0119. The van der Waals surface area contributed by atoms with Crippen LogP contribution >= 0.6 is 0 Å². The second-order valence-corrected chi connectivity index (χ2v) is 5.31. The smallest absolute Gasteiger partial charge is 0.408 e. The number of nitrogens with one attached hydrogen (secondary N) is 2. The first kappa shape index (κ1) is 16.7. The molecule has 0 saturated carbocycles. The third-order valence-corrected chi connectivity index (χ3v) is 2.30. The Labute approximate surface area is 121 Å². The molecule has 1 aromatic rings. The van der Waals surface area contributed by atoms with Gasteiger partial charge in [-0.15, -0.1) is 0 Å². The highest BCUT2D eigenvalue weighted by molar-refractivity contribution is 5.81. The summed E-state index contributed by atoms with van der Waals surface area (Å²) in [5.74, 6) is -0.402. The lowest BCUT2D eigenvalue weighted by Gasteiger charge is -2.22. The molecule has 0 aliphatic rings. The Morgan fingerprint density at radius 1 is 1.43 bits per heavy atom. The number of ether oxygens (including phenoxy) is 2. The summed E-state index contributed by atoms with van der Waals surface area (Å²) in [5.41, 5.74) is -1.04. The van der Waals surface area contributed by atoms with E-state index in [4.69, 9.17) is 4.74 Å². The summed E-state index contributed by atoms with van der Waals surface area (Å²) in [6, 6.07) is 0.244. The van der Waals surface area contributed by atoms with Crippen LogP contribution < -0.4 is 10.9 Å². The van der Waals surface area contributed by atoms with Crippen molar-refractivity contribution in [1.82, 2.24) is 15.3 Å². The number of hydrogen-bond donors (Lipinski definition) is 2. The van der Waals surface area contributed by atoms with Crippen molar-refractivity contribution in [2.75, 3.05) is 7.11 Å². The normalized spacial score (nSPS) is 12.4. The summed E-state index contributed by atoms with van der Waals surface area (Å²) >= 11 is 0. The van der Waals surface area contributed by atoms with Crippen LogP contribution in [0.15, 0.2) is 17.1 Å². The number of methoxy groups -OCH3 is 1. The van der Waals surface area contributed by atoms with E-state index < -0.39 is 23.7 Å². The first-order valence-corrected chi connectivity index (χ1v) is 6.33. The Morgan fingerprint density at radius 2 is 2.10 bits per heavy atom. The second kappa shape index (κ2) is 6.87. The quantitative estimate of drug-likeness (QED) is 0.777. The van der Waals surface area contributed by atoms with E-state index in [1.165, 1.54) is 19.4 Å². The average molecular weight is 297 g/mol. The van der Waals surface area contributed by atoms with Gasteiger partial charge in [0.2, 0.25) is 0 Å². The molecule has 0 radical (unpaired) electrons. The molecule has 1 aromatic heterocycles. The Hall–Kier alpha value is -2.38. The van der Waals surface area contributed by atoms with Crippen LogP contribution in [-0.2, 0) is 20.7 Å². The van der Waals surface area contributed by atoms with Crippen molar-refractivity contribution in [3.05, 3.63) is 28.4 Å². The molecule has 0 aliphatic heterocycles. The molecule has 21 heavy (non-hydrogen) atoms. The summed E-state index contributed by atoms with van der Waals surface area (Å²) in [5, 5.41) is 2.39. The first-order chi connectivity index (χ1) is 9.71. The summed E-state index contributed by atoms with van der Waals surface area (Å²) in [6.07, 6.45) is 0.550. The van der Waals surface area contributed by atoms with Gasteiger partial charge in [-0.2, -0.15) is 0 Å². The largest absolute Gasteiger partial charge is 0.467 e. The number of amides is 1. The number of nitrogens with zero attached hydrogens (tertiary/aromatic N) is 1. The highest BCUT2D eigenvalue weighted by atomic mass is 16.6. The molecular weight excluding hydrogens is 278 g/mol. The Bertz CT molecular complexity index is 561. The van der Waals surface area contributed by atoms with E-state index >= 15 is 0 Å². The second-order valence-electron chi connectivity index (χ2n) is 5.31. The van der Waals surface area contributed by atoms with Gasteiger partial charge in [0, 0.05) is 18.7 Å². The molecule has 0 spiro atoms. The van der Waals surface area contributed by atoms with Crippen LogP contribution in [0, 0.1) is 0 Å². The number of carbonyl (C=O) groups excluding carboxylic acids is 2. The fourth-order valence-electron chi connectivity index (χ4n) is 1.49. The molecule has 1 unspecified atom stereocenters. The number of esters is 1. The molecule has 0 aliphatic carbocycles. The fraction of sp³-hybridized carbons (Fsp3) is 0.538. The molecule has 8 heteroatoms. The zero-order valence-corrected chi connectivity index (χ0v) is 12.4. The topological polar surface area (TPSA) is 110 Å². The van der Waals surface area contributed by atoms with Crippen LogP contribution in [0.2, 0.25) is 0 Å². The summed E-state index contributed by atoms with van der Waals surface area (Å²) in [7, 11) is 1.20. The number of rotatable bonds is 4. The minimum Gasteiger partial charge on any atom is -0.467 e. The van der Waals surface area contributed by atoms with E-state index in [9.17, 15) is 14.4 Å². The van der Waals surface area contributed by atoms with E-state index in [1.807, 2.05) is 0 Å². The predicted molar refractivity (Wildman–Crippen MR) is 73.7 cm³/mol. The number of carbonyl (C=O) groups is 2. The lowest BCUT2D eigenvalue weighted by Crippen LogP contribution is -2.45. The van der Waals surface area contributed by atoms with Gasteiger partial charge < -0.3 is 19.8 Å². The van der Waals surface area contributed by atoms with Gasteiger partial charge in [-0.1, -0.05) is 0 Å². The standard InChI is InChI=1S/C13H19N3O5/c1-13(2,3)21-12(19)15-8(11(18)20-4)7-9-14-6-5-10(17)16-9/h5-6,8H,7H2,1-4H3,(H,15,19)(H,14,16,17). The van der Waals surface area contributed by atoms with Crippen LogP contribution in [-0.4, -0.2) is 40.8 Å². The molecule has 0 aromatic carbocycles. The number of aromatic amines is 1. The van der Waals surface area contributed by atoms with E-state index in [-0.39, 0.29) is 17.8 Å². The zero-order valence-electron chi connectivity index (χ0n) is 12.4. The molecule has 1 atom stereocenters. The van der Waals surface area contributed by atoms with Crippen LogP contribution in [0.4, 0.5) is 4.79 Å². The number of hydrogen-bond acceptors (Lipinski definition) is 6. The zero-order chi connectivity index (χ0) is 16.0.